The van der Waals surface area contributed by atoms with Gasteiger partial charge in [0.15, 0.2) is 0 Å². The van der Waals surface area contributed by atoms with Crippen molar-refractivity contribution < 1.29 is 13.2 Å². The largest absolute Gasteiger partial charge is 0.497 e. The van der Waals surface area contributed by atoms with E-state index in [0.29, 0.717) is 0 Å². The highest BCUT2D eigenvalue weighted by atomic mass is 32.2. The molecule has 0 bridgehead atoms. The molecule has 2 rings (SSSR count). The van der Waals surface area contributed by atoms with Gasteiger partial charge in [0.1, 0.15) is 10.6 Å². The van der Waals surface area contributed by atoms with Crippen LogP contribution in [-0.4, -0.2) is 15.5 Å². The number of rotatable bonds is 3. The van der Waals surface area contributed by atoms with Crippen molar-refractivity contribution in [3.63, 3.8) is 0 Å². The molecule has 5 nitrogen and oxygen atoms in total. The van der Waals surface area contributed by atoms with Crippen LogP contribution in [0.2, 0.25) is 0 Å². The zero-order chi connectivity index (χ0) is 14.9. The normalized spacial score (nSPS) is 11.3. The fourth-order valence-corrected chi connectivity index (χ4v) is 2.77. The van der Waals surface area contributed by atoms with Gasteiger partial charge in [0.05, 0.1) is 12.8 Å². The zero-order valence-electron chi connectivity index (χ0n) is 11.3. The minimum Gasteiger partial charge on any atom is -0.497 e. The first-order chi connectivity index (χ1) is 9.32. The molecular formula is C14H16N2O3S. The van der Waals surface area contributed by atoms with Gasteiger partial charge in [0.2, 0.25) is 10.0 Å². The van der Waals surface area contributed by atoms with Crippen LogP contribution < -0.4 is 15.6 Å². The van der Waals surface area contributed by atoms with Crippen LogP contribution in [0.3, 0.4) is 0 Å². The van der Waals surface area contributed by atoms with Gasteiger partial charge in [-0.1, -0.05) is 12.1 Å². The fourth-order valence-electron chi connectivity index (χ4n) is 2.05. The second-order valence-corrected chi connectivity index (χ2v) is 6.01. The topological polar surface area (TPSA) is 95.4 Å². The number of anilines is 1. The van der Waals surface area contributed by atoms with E-state index in [9.17, 15) is 8.42 Å². The van der Waals surface area contributed by atoms with Crippen LogP contribution in [0.5, 0.6) is 5.75 Å². The van der Waals surface area contributed by atoms with Crippen molar-refractivity contribution in [2.24, 2.45) is 5.14 Å². The maximum Gasteiger partial charge on any atom is 0.240 e. The van der Waals surface area contributed by atoms with Crippen molar-refractivity contribution >= 4 is 15.7 Å². The van der Waals surface area contributed by atoms with Crippen LogP contribution in [0, 0.1) is 6.92 Å². The Labute approximate surface area is 118 Å². The maximum atomic E-state index is 11.4. The Morgan fingerprint density at radius 2 is 1.85 bits per heavy atom. The van der Waals surface area contributed by atoms with E-state index in [4.69, 9.17) is 15.6 Å². The summed E-state index contributed by atoms with van der Waals surface area (Å²) in [6.45, 7) is 1.81. The van der Waals surface area contributed by atoms with Crippen molar-refractivity contribution in [2.75, 3.05) is 12.8 Å². The number of hydrogen-bond donors (Lipinski definition) is 2. The summed E-state index contributed by atoms with van der Waals surface area (Å²) >= 11 is 0. The van der Waals surface area contributed by atoms with E-state index in [0.717, 1.165) is 22.4 Å². The third kappa shape index (κ3) is 2.76. The predicted molar refractivity (Wildman–Crippen MR) is 79.0 cm³/mol. The van der Waals surface area contributed by atoms with E-state index in [-0.39, 0.29) is 10.6 Å². The van der Waals surface area contributed by atoms with Crippen molar-refractivity contribution in [1.82, 2.24) is 0 Å². The lowest BCUT2D eigenvalue weighted by atomic mass is 10.00. The van der Waals surface area contributed by atoms with E-state index in [1.807, 2.05) is 31.2 Å². The summed E-state index contributed by atoms with van der Waals surface area (Å²) in [5.74, 6) is 0.719. The lowest BCUT2D eigenvalue weighted by molar-refractivity contribution is 0.415. The minimum atomic E-state index is -3.82. The van der Waals surface area contributed by atoms with Gasteiger partial charge < -0.3 is 10.5 Å². The molecule has 0 atom stereocenters. The standard InChI is InChI=1S/C14H16N2O3S/c1-9-6-14(20(16,17)18)13(15)8-12(9)10-4-3-5-11(7-10)19-2/h3-8H,15H2,1-2H3,(H2,16,17,18). The van der Waals surface area contributed by atoms with Crippen LogP contribution >= 0.6 is 0 Å². The van der Waals surface area contributed by atoms with Gasteiger partial charge in [-0.25, -0.2) is 13.6 Å². The molecule has 4 N–H and O–H groups in total. The van der Waals surface area contributed by atoms with E-state index in [1.165, 1.54) is 6.07 Å². The first kappa shape index (κ1) is 14.4. The Kier molecular flexibility index (Phi) is 3.69. The zero-order valence-corrected chi connectivity index (χ0v) is 12.1. The molecule has 106 valence electrons. The Morgan fingerprint density at radius 3 is 2.45 bits per heavy atom. The molecule has 0 unspecified atom stereocenters. The van der Waals surface area contributed by atoms with E-state index >= 15 is 0 Å². The highest BCUT2D eigenvalue weighted by Crippen LogP contribution is 2.31. The highest BCUT2D eigenvalue weighted by molar-refractivity contribution is 7.89. The number of aryl methyl sites for hydroxylation is 1. The highest BCUT2D eigenvalue weighted by Gasteiger charge is 2.15. The lowest BCUT2D eigenvalue weighted by Gasteiger charge is -2.12. The number of sulfonamides is 1. The number of ether oxygens (including phenoxy) is 1. The maximum absolute atomic E-state index is 11.4. The average molecular weight is 292 g/mol. The second kappa shape index (κ2) is 5.15. The van der Waals surface area contributed by atoms with Crippen molar-refractivity contribution in [2.45, 2.75) is 11.8 Å². The van der Waals surface area contributed by atoms with Crippen molar-refractivity contribution in [1.29, 1.82) is 0 Å². The molecule has 6 heteroatoms. The van der Waals surface area contributed by atoms with Gasteiger partial charge in [-0.2, -0.15) is 0 Å². The number of nitrogen functional groups attached to an aromatic ring is 1. The molecule has 20 heavy (non-hydrogen) atoms. The van der Waals surface area contributed by atoms with Gasteiger partial charge in [-0.15, -0.1) is 0 Å². The van der Waals surface area contributed by atoms with Gasteiger partial charge in [0.25, 0.3) is 0 Å². The lowest BCUT2D eigenvalue weighted by Crippen LogP contribution is -2.14. The number of hydrogen-bond acceptors (Lipinski definition) is 4. The van der Waals surface area contributed by atoms with Crippen molar-refractivity contribution in [3.05, 3.63) is 42.0 Å². The van der Waals surface area contributed by atoms with Gasteiger partial charge >= 0.3 is 0 Å². The average Bonchev–Trinajstić information content (AvgIpc) is 2.39. The second-order valence-electron chi connectivity index (χ2n) is 4.48. The monoisotopic (exact) mass is 292 g/mol. The molecule has 0 saturated carbocycles. The van der Waals surface area contributed by atoms with Crippen LogP contribution in [0.1, 0.15) is 5.56 Å². The van der Waals surface area contributed by atoms with E-state index < -0.39 is 10.0 Å². The molecule has 2 aromatic rings. The molecule has 0 aliphatic carbocycles. The Morgan fingerprint density at radius 1 is 1.15 bits per heavy atom. The summed E-state index contributed by atoms with van der Waals surface area (Å²) < 4.78 is 28.0. The van der Waals surface area contributed by atoms with Gasteiger partial charge in [0, 0.05) is 0 Å². The first-order valence-corrected chi connectivity index (χ1v) is 7.45. The van der Waals surface area contributed by atoms with Crippen LogP contribution in [0.4, 0.5) is 5.69 Å². The molecule has 0 aliphatic heterocycles. The van der Waals surface area contributed by atoms with Crippen LogP contribution in [0.25, 0.3) is 11.1 Å². The Balaban J connectivity index is 2.62. The third-order valence-corrected chi connectivity index (χ3v) is 4.01. The van der Waals surface area contributed by atoms with E-state index in [2.05, 4.69) is 0 Å². The molecule has 0 fully saturated rings. The summed E-state index contributed by atoms with van der Waals surface area (Å²) in [7, 11) is -2.23. The molecule has 0 aliphatic rings. The molecule has 0 heterocycles. The van der Waals surface area contributed by atoms with Gasteiger partial charge in [-0.3, -0.25) is 0 Å². The summed E-state index contributed by atoms with van der Waals surface area (Å²) in [5.41, 5.74) is 8.44. The molecule has 0 aromatic heterocycles. The van der Waals surface area contributed by atoms with E-state index in [1.54, 1.807) is 13.2 Å². The summed E-state index contributed by atoms with van der Waals surface area (Å²) in [6, 6.07) is 10.6. The van der Waals surface area contributed by atoms with Crippen molar-refractivity contribution in [3.8, 4) is 16.9 Å². The molecule has 0 spiro atoms. The summed E-state index contributed by atoms with van der Waals surface area (Å²) in [5, 5.41) is 5.13. The summed E-state index contributed by atoms with van der Waals surface area (Å²) in [4.78, 5) is -0.0540. The molecule has 0 amide bonds. The molecular weight excluding hydrogens is 276 g/mol. The number of methoxy groups -OCH3 is 1. The summed E-state index contributed by atoms with van der Waals surface area (Å²) in [6.07, 6.45) is 0. The quantitative estimate of drug-likeness (QED) is 0.844. The smallest absolute Gasteiger partial charge is 0.240 e. The van der Waals surface area contributed by atoms with Gasteiger partial charge in [-0.05, 0) is 47.9 Å². The number of benzene rings is 2. The van der Waals surface area contributed by atoms with Crippen LogP contribution in [-0.2, 0) is 10.0 Å². The van der Waals surface area contributed by atoms with Crippen LogP contribution in [0.15, 0.2) is 41.3 Å². The molecule has 0 radical (unpaired) electrons. The minimum absolute atomic E-state index is 0.0540. The third-order valence-electron chi connectivity index (χ3n) is 3.04. The Bertz CT molecular complexity index is 755. The number of primary sulfonamides is 1. The first-order valence-electron chi connectivity index (χ1n) is 5.90. The predicted octanol–water partition coefficient (Wildman–Crippen LogP) is 1.90. The SMILES string of the molecule is COc1cccc(-c2cc(N)c(S(N)(=O)=O)cc2C)c1. The Hall–Kier alpha value is -2.05. The fraction of sp³-hybridized carbons (Fsp3) is 0.143. The molecule has 0 saturated heterocycles. The molecule has 2 aromatic carbocycles. The number of nitrogens with two attached hydrogens (primary N) is 2.